The lowest BCUT2D eigenvalue weighted by Crippen LogP contribution is -2.46. The third-order valence-electron chi connectivity index (χ3n) is 4.55. The Morgan fingerprint density at radius 3 is 2.03 bits per heavy atom. The van der Waals surface area contributed by atoms with Crippen LogP contribution in [0.3, 0.4) is 0 Å². The first-order valence-corrected chi connectivity index (χ1v) is 11.1. The number of hydrogen-bond donors (Lipinski definition) is 0. The predicted octanol–water partition coefficient (Wildman–Crippen LogP) is 2.50. The Kier molecular flexibility index (Phi) is 6.73. The molecule has 10 heteroatoms. The third-order valence-corrected chi connectivity index (χ3v) is 5.07. The molecule has 0 aliphatic carbocycles. The van der Waals surface area contributed by atoms with Gasteiger partial charge in [0.1, 0.15) is 12.7 Å². The maximum atomic E-state index is 15.5. The van der Waals surface area contributed by atoms with E-state index in [0.29, 0.717) is 0 Å². The average molecular weight is 452 g/mol. The molecule has 0 bridgehead atoms. The van der Waals surface area contributed by atoms with Gasteiger partial charge in [-0.3, -0.25) is 0 Å². The Labute approximate surface area is 179 Å². The van der Waals surface area contributed by atoms with Crippen LogP contribution in [0.2, 0.25) is 0 Å². The molecule has 1 aliphatic rings. The minimum Gasteiger partial charge on any atom is -0.459 e. The fourth-order valence-corrected chi connectivity index (χ4v) is 3.58. The standard InChI is InChI=1S/C21H21FO8S/c1-21(22)17(29-19(24)15-11-7-4-8-12-15)16(28-20(21)30-31(2,25)26)13-27-18(23)14-9-5-3-6-10-14/h3-12,16-17,20H,13H2,1-2H3. The van der Waals surface area contributed by atoms with Crippen molar-refractivity contribution in [3.05, 3.63) is 71.8 Å². The highest BCUT2D eigenvalue weighted by molar-refractivity contribution is 7.86. The second-order valence-electron chi connectivity index (χ2n) is 7.11. The first-order valence-electron chi connectivity index (χ1n) is 9.29. The van der Waals surface area contributed by atoms with Crippen LogP contribution in [0.25, 0.3) is 0 Å². The molecule has 166 valence electrons. The lowest BCUT2D eigenvalue weighted by molar-refractivity contribution is -0.123. The van der Waals surface area contributed by atoms with E-state index in [1.54, 1.807) is 36.4 Å². The van der Waals surface area contributed by atoms with Crippen molar-refractivity contribution in [2.45, 2.75) is 31.1 Å². The van der Waals surface area contributed by atoms with Gasteiger partial charge in [-0.05, 0) is 31.2 Å². The van der Waals surface area contributed by atoms with E-state index in [0.717, 1.165) is 13.2 Å². The number of alkyl halides is 1. The van der Waals surface area contributed by atoms with Crippen molar-refractivity contribution >= 4 is 22.1 Å². The van der Waals surface area contributed by atoms with Gasteiger partial charge in [0.05, 0.1) is 17.4 Å². The Morgan fingerprint density at radius 1 is 1.00 bits per heavy atom. The van der Waals surface area contributed by atoms with Gasteiger partial charge in [-0.2, -0.15) is 8.42 Å². The van der Waals surface area contributed by atoms with E-state index in [-0.39, 0.29) is 11.1 Å². The first kappa shape index (κ1) is 22.9. The SMILES string of the molecule is CC1(F)C(OS(C)(=O)=O)OC(COC(=O)c2ccccc2)C1OC(=O)c1ccccc1. The van der Waals surface area contributed by atoms with Crippen LogP contribution in [-0.4, -0.2) is 57.4 Å². The summed E-state index contributed by atoms with van der Waals surface area (Å²) in [6.45, 7) is 0.494. The molecule has 0 saturated carbocycles. The molecule has 0 spiro atoms. The lowest BCUT2D eigenvalue weighted by atomic mass is 9.99. The van der Waals surface area contributed by atoms with Gasteiger partial charge in [0, 0.05) is 0 Å². The highest BCUT2D eigenvalue weighted by Gasteiger charge is 2.59. The summed E-state index contributed by atoms with van der Waals surface area (Å²) < 4.78 is 59.1. The van der Waals surface area contributed by atoms with Crippen molar-refractivity contribution in [3.8, 4) is 0 Å². The van der Waals surface area contributed by atoms with E-state index in [1.165, 1.54) is 24.3 Å². The molecule has 4 atom stereocenters. The predicted molar refractivity (Wildman–Crippen MR) is 106 cm³/mol. The molecule has 8 nitrogen and oxygen atoms in total. The summed E-state index contributed by atoms with van der Waals surface area (Å²) in [5.74, 6) is -1.55. The molecule has 3 rings (SSSR count). The van der Waals surface area contributed by atoms with E-state index in [1.807, 2.05) is 0 Å². The second kappa shape index (κ2) is 9.13. The molecule has 2 aromatic rings. The van der Waals surface area contributed by atoms with Crippen LogP contribution >= 0.6 is 0 Å². The van der Waals surface area contributed by atoms with Crippen LogP contribution < -0.4 is 0 Å². The molecule has 1 heterocycles. The van der Waals surface area contributed by atoms with E-state index >= 15 is 4.39 Å². The maximum absolute atomic E-state index is 15.5. The summed E-state index contributed by atoms with van der Waals surface area (Å²) in [7, 11) is -4.09. The number of carbonyl (C=O) groups excluding carboxylic acids is 2. The Balaban J connectivity index is 1.79. The zero-order valence-corrected chi connectivity index (χ0v) is 17.6. The van der Waals surface area contributed by atoms with E-state index in [4.69, 9.17) is 18.4 Å². The number of hydrogen-bond acceptors (Lipinski definition) is 8. The van der Waals surface area contributed by atoms with E-state index < -0.39 is 52.8 Å². The summed E-state index contributed by atoms with van der Waals surface area (Å²) in [6, 6.07) is 15.9. The van der Waals surface area contributed by atoms with Gasteiger partial charge in [-0.15, -0.1) is 0 Å². The van der Waals surface area contributed by atoms with Crippen molar-refractivity contribution < 1.29 is 40.8 Å². The van der Waals surface area contributed by atoms with E-state index in [2.05, 4.69) is 0 Å². The van der Waals surface area contributed by atoms with Crippen LogP contribution in [0.1, 0.15) is 27.6 Å². The average Bonchev–Trinajstić information content (AvgIpc) is 2.95. The highest BCUT2D eigenvalue weighted by atomic mass is 32.2. The Morgan fingerprint density at radius 2 is 1.52 bits per heavy atom. The topological polar surface area (TPSA) is 105 Å². The number of halogens is 1. The minimum absolute atomic E-state index is 0.158. The fourth-order valence-electron chi connectivity index (χ4n) is 3.03. The third kappa shape index (κ3) is 5.66. The van der Waals surface area contributed by atoms with Crippen molar-refractivity contribution in [2.75, 3.05) is 12.9 Å². The molecule has 0 N–H and O–H groups in total. The maximum Gasteiger partial charge on any atom is 0.338 e. The molecule has 0 aromatic heterocycles. The van der Waals surface area contributed by atoms with Gasteiger partial charge in [0.2, 0.25) is 6.29 Å². The van der Waals surface area contributed by atoms with Gasteiger partial charge >= 0.3 is 11.9 Å². The van der Waals surface area contributed by atoms with Crippen molar-refractivity contribution in [1.29, 1.82) is 0 Å². The van der Waals surface area contributed by atoms with Crippen LogP contribution in [-0.2, 0) is 28.5 Å². The Bertz CT molecular complexity index is 1020. The highest BCUT2D eigenvalue weighted by Crippen LogP contribution is 2.38. The fraction of sp³-hybridized carbons (Fsp3) is 0.333. The van der Waals surface area contributed by atoms with Crippen LogP contribution in [0.4, 0.5) is 4.39 Å². The van der Waals surface area contributed by atoms with Crippen LogP contribution in [0.15, 0.2) is 60.7 Å². The van der Waals surface area contributed by atoms with Gasteiger partial charge in [0.15, 0.2) is 11.8 Å². The van der Waals surface area contributed by atoms with Crippen LogP contribution in [0.5, 0.6) is 0 Å². The summed E-state index contributed by atoms with van der Waals surface area (Å²) in [5.41, 5.74) is -2.13. The zero-order valence-electron chi connectivity index (χ0n) is 16.8. The van der Waals surface area contributed by atoms with E-state index in [9.17, 15) is 18.0 Å². The van der Waals surface area contributed by atoms with Crippen molar-refractivity contribution in [1.82, 2.24) is 0 Å². The van der Waals surface area contributed by atoms with Crippen molar-refractivity contribution in [3.63, 3.8) is 0 Å². The number of carbonyl (C=O) groups is 2. The molecule has 31 heavy (non-hydrogen) atoms. The lowest BCUT2D eigenvalue weighted by Gasteiger charge is -2.26. The van der Waals surface area contributed by atoms with Crippen molar-refractivity contribution in [2.24, 2.45) is 0 Å². The van der Waals surface area contributed by atoms with Gasteiger partial charge < -0.3 is 14.2 Å². The van der Waals surface area contributed by atoms with Gasteiger partial charge in [0.25, 0.3) is 10.1 Å². The molecule has 0 radical (unpaired) electrons. The minimum atomic E-state index is -4.09. The van der Waals surface area contributed by atoms with Gasteiger partial charge in [-0.25, -0.2) is 18.2 Å². The number of ether oxygens (including phenoxy) is 3. The zero-order chi connectivity index (χ0) is 22.6. The molecule has 2 aromatic carbocycles. The molecular formula is C21H21FO8S. The summed E-state index contributed by atoms with van der Waals surface area (Å²) in [4.78, 5) is 24.7. The summed E-state index contributed by atoms with van der Waals surface area (Å²) >= 11 is 0. The summed E-state index contributed by atoms with van der Waals surface area (Å²) in [5, 5.41) is 0. The number of rotatable bonds is 7. The first-order chi connectivity index (χ1) is 14.6. The normalized spacial score (nSPS) is 25.7. The molecule has 1 saturated heterocycles. The second-order valence-corrected chi connectivity index (χ2v) is 8.72. The van der Waals surface area contributed by atoms with Crippen LogP contribution in [0, 0.1) is 0 Å². The smallest absolute Gasteiger partial charge is 0.338 e. The monoisotopic (exact) mass is 452 g/mol. The van der Waals surface area contributed by atoms with Gasteiger partial charge in [-0.1, -0.05) is 36.4 Å². The molecule has 1 aliphatic heterocycles. The number of esters is 2. The molecule has 1 fully saturated rings. The Hall–Kier alpha value is -2.82. The molecular weight excluding hydrogens is 431 g/mol. The molecule has 4 unspecified atom stereocenters. The quantitative estimate of drug-likeness (QED) is 0.466. The number of benzene rings is 2. The molecule has 0 amide bonds. The largest absolute Gasteiger partial charge is 0.459 e. The summed E-state index contributed by atoms with van der Waals surface area (Å²) in [6.07, 6.45) is -4.06.